The second kappa shape index (κ2) is 19.0. The molecule has 6 heteroatoms. The largest absolute Gasteiger partial charge is 0.403 e. The fraction of sp³-hybridized carbons (Fsp3) is 0.228. The molecular formula is C57H54F3IN2. The van der Waals surface area contributed by atoms with Crippen LogP contribution in [0.1, 0.15) is 75.1 Å². The molecule has 0 radical (unpaired) electrons. The Morgan fingerprint density at radius 2 is 0.873 bits per heavy atom. The second-order valence-corrected chi connectivity index (χ2v) is 17.5. The highest BCUT2D eigenvalue weighted by molar-refractivity contribution is 14.1. The third-order valence-electron chi connectivity index (χ3n) is 13.0. The first-order valence-corrected chi connectivity index (χ1v) is 23.7. The average Bonchev–Trinajstić information content (AvgIpc) is 3.31. The molecule has 8 aromatic rings. The maximum absolute atomic E-state index is 16.0. The maximum atomic E-state index is 16.0. The van der Waals surface area contributed by atoms with Crippen molar-refractivity contribution in [1.29, 1.82) is 0 Å². The summed E-state index contributed by atoms with van der Waals surface area (Å²) in [5.41, 5.74) is 6.07. The third kappa shape index (κ3) is 8.71. The molecule has 0 spiro atoms. The Balaban J connectivity index is 1.21. The topological polar surface area (TPSA) is 6.48 Å². The highest BCUT2D eigenvalue weighted by Crippen LogP contribution is 2.50. The summed E-state index contributed by atoms with van der Waals surface area (Å²) in [5.74, 6) is 1.04. The standard InChI is InChI=1S/C57H54F3IN2/c1-5-40(4)38-41-22-30-48(31-23-41)62(54-20-12-16-44-14-8-10-18-52(44)54)50-34-26-46(27-35-50)56(39-61,57(58,59)60)47-28-36-51(37-29-47)63(49-32-24-43(25-33-49)42(6-2)7-3)55-21-13-17-45-15-9-11-19-53(45)55/h8-37,40,42H,5-7,38-39H2,1-4H3. The summed E-state index contributed by atoms with van der Waals surface area (Å²) in [6.45, 7) is 8.90. The van der Waals surface area contributed by atoms with E-state index in [2.05, 4.69) is 135 Å². The van der Waals surface area contributed by atoms with Gasteiger partial charge < -0.3 is 9.80 Å². The number of hydrogen-bond donors (Lipinski definition) is 0. The van der Waals surface area contributed by atoms with Crippen LogP contribution in [0, 0.1) is 5.92 Å². The van der Waals surface area contributed by atoms with Gasteiger partial charge in [-0.25, -0.2) is 0 Å². The van der Waals surface area contributed by atoms with E-state index >= 15 is 13.2 Å². The highest BCUT2D eigenvalue weighted by Gasteiger charge is 2.56. The van der Waals surface area contributed by atoms with Gasteiger partial charge in [-0.2, -0.15) is 13.2 Å². The molecule has 0 heterocycles. The van der Waals surface area contributed by atoms with E-state index in [9.17, 15) is 0 Å². The Hall–Kier alpha value is -5.60. The molecule has 0 bridgehead atoms. The van der Waals surface area contributed by atoms with E-state index in [-0.39, 0.29) is 15.6 Å². The molecule has 0 aromatic heterocycles. The van der Waals surface area contributed by atoms with Crippen molar-refractivity contribution in [3.05, 3.63) is 204 Å². The van der Waals surface area contributed by atoms with Gasteiger partial charge in [0.1, 0.15) is 5.41 Å². The summed E-state index contributed by atoms with van der Waals surface area (Å²) in [6.07, 6.45) is -0.380. The van der Waals surface area contributed by atoms with Crippen molar-refractivity contribution >= 4 is 78.3 Å². The lowest BCUT2D eigenvalue weighted by atomic mass is 9.75. The van der Waals surface area contributed by atoms with Crippen molar-refractivity contribution in [3.63, 3.8) is 0 Å². The molecule has 0 aliphatic rings. The molecule has 63 heavy (non-hydrogen) atoms. The smallest absolute Gasteiger partial charge is 0.310 e. The van der Waals surface area contributed by atoms with Gasteiger partial charge in [0.25, 0.3) is 0 Å². The Labute approximate surface area is 384 Å². The number of alkyl halides is 4. The summed E-state index contributed by atoms with van der Waals surface area (Å²) in [5, 5.41) is 4.30. The number of fused-ring (bicyclic) bond motifs is 2. The van der Waals surface area contributed by atoms with Crippen LogP contribution in [0.3, 0.4) is 0 Å². The van der Waals surface area contributed by atoms with Crippen LogP contribution in [0.2, 0.25) is 0 Å². The van der Waals surface area contributed by atoms with E-state index < -0.39 is 11.6 Å². The van der Waals surface area contributed by atoms with Gasteiger partial charge in [-0.1, -0.05) is 178 Å². The summed E-state index contributed by atoms with van der Waals surface area (Å²) in [4.78, 5) is 4.32. The minimum Gasteiger partial charge on any atom is -0.310 e. The van der Waals surface area contributed by atoms with Crippen molar-refractivity contribution in [2.75, 3.05) is 14.2 Å². The lowest BCUT2D eigenvalue weighted by Crippen LogP contribution is -2.45. The zero-order valence-corrected chi connectivity index (χ0v) is 38.6. The highest BCUT2D eigenvalue weighted by atomic mass is 127. The molecule has 0 saturated heterocycles. The minimum atomic E-state index is -4.59. The predicted octanol–water partition coefficient (Wildman–Crippen LogP) is 17.7. The van der Waals surface area contributed by atoms with Gasteiger partial charge in [0.15, 0.2) is 0 Å². The lowest BCUT2D eigenvalue weighted by molar-refractivity contribution is -0.170. The molecule has 0 aliphatic heterocycles. The number of rotatable bonds is 15. The molecule has 0 aliphatic carbocycles. The molecule has 8 aromatic carbocycles. The second-order valence-electron chi connectivity index (χ2n) is 16.8. The summed E-state index contributed by atoms with van der Waals surface area (Å²) >= 11 is 1.92. The molecule has 2 unspecified atom stereocenters. The van der Waals surface area contributed by atoms with Crippen molar-refractivity contribution < 1.29 is 13.2 Å². The first-order valence-electron chi connectivity index (χ1n) is 22.2. The fourth-order valence-electron chi connectivity index (χ4n) is 9.16. The van der Waals surface area contributed by atoms with E-state index in [4.69, 9.17) is 0 Å². The first-order chi connectivity index (χ1) is 30.6. The lowest BCUT2D eigenvalue weighted by Gasteiger charge is -2.36. The molecular weight excluding hydrogens is 897 g/mol. The van der Waals surface area contributed by atoms with Gasteiger partial charge in [0.2, 0.25) is 0 Å². The Morgan fingerprint density at radius 3 is 1.27 bits per heavy atom. The van der Waals surface area contributed by atoms with Crippen LogP contribution in [0.4, 0.5) is 47.3 Å². The number of benzene rings is 8. The fourth-order valence-corrected chi connectivity index (χ4v) is 10.5. The minimum absolute atomic E-state index is 0.192. The normalized spacial score (nSPS) is 13.3. The van der Waals surface area contributed by atoms with Gasteiger partial charge in [0, 0.05) is 37.9 Å². The maximum Gasteiger partial charge on any atom is 0.403 e. The zero-order valence-electron chi connectivity index (χ0n) is 36.4. The van der Waals surface area contributed by atoms with Crippen LogP contribution >= 0.6 is 22.6 Å². The molecule has 8 rings (SSSR count). The van der Waals surface area contributed by atoms with Crippen LogP contribution in [0.15, 0.2) is 182 Å². The zero-order chi connectivity index (χ0) is 44.1. The van der Waals surface area contributed by atoms with Gasteiger partial charge in [-0.3, -0.25) is 0 Å². The van der Waals surface area contributed by atoms with E-state index in [1.165, 1.54) is 11.1 Å². The van der Waals surface area contributed by atoms with Crippen molar-refractivity contribution in [3.8, 4) is 0 Å². The van der Waals surface area contributed by atoms with Gasteiger partial charge >= 0.3 is 6.18 Å². The van der Waals surface area contributed by atoms with Crippen LogP contribution in [-0.2, 0) is 11.8 Å². The molecule has 2 nitrogen and oxygen atoms in total. The van der Waals surface area contributed by atoms with E-state index in [1.54, 1.807) is 24.3 Å². The van der Waals surface area contributed by atoms with Crippen molar-refractivity contribution in [1.82, 2.24) is 0 Å². The Morgan fingerprint density at radius 1 is 0.476 bits per heavy atom. The van der Waals surface area contributed by atoms with Crippen molar-refractivity contribution in [2.45, 2.75) is 70.9 Å². The predicted molar refractivity (Wildman–Crippen MR) is 269 cm³/mol. The third-order valence-corrected chi connectivity index (χ3v) is 14.2. The Kier molecular flexibility index (Phi) is 13.3. The van der Waals surface area contributed by atoms with Gasteiger partial charge in [-0.15, -0.1) is 0 Å². The quantitative estimate of drug-likeness (QED) is 0.0746. The summed E-state index contributed by atoms with van der Waals surface area (Å²) < 4.78 is 47.7. The van der Waals surface area contributed by atoms with Crippen LogP contribution in [0.25, 0.3) is 21.5 Å². The van der Waals surface area contributed by atoms with Crippen LogP contribution in [0.5, 0.6) is 0 Å². The molecule has 0 fully saturated rings. The number of anilines is 6. The SMILES string of the molecule is CCC(C)Cc1ccc(N(c2ccc(C(CI)(c3ccc(N(c4ccc(C(CC)CC)cc4)c4cccc5ccccc45)cc3)C(F)(F)F)cc2)c2cccc3ccccc23)cc1. The molecule has 0 amide bonds. The average molecular weight is 951 g/mol. The van der Waals surface area contributed by atoms with E-state index in [1.807, 2.05) is 83.3 Å². The van der Waals surface area contributed by atoms with Gasteiger partial charge in [0.05, 0.1) is 11.4 Å². The van der Waals surface area contributed by atoms with E-state index in [0.29, 0.717) is 11.8 Å². The van der Waals surface area contributed by atoms with Crippen LogP contribution < -0.4 is 9.80 Å². The molecule has 0 N–H and O–H groups in total. The Bertz CT molecular complexity index is 2750. The first kappa shape index (κ1) is 44.0. The van der Waals surface area contributed by atoms with E-state index in [0.717, 1.165) is 81.4 Å². The summed E-state index contributed by atoms with van der Waals surface area (Å²) in [6, 6.07) is 60.2. The van der Waals surface area contributed by atoms with Gasteiger partial charge in [-0.05, 0) is 125 Å². The molecule has 0 saturated carbocycles. The summed E-state index contributed by atoms with van der Waals surface area (Å²) in [7, 11) is 0. The van der Waals surface area contributed by atoms with Crippen LogP contribution in [-0.4, -0.2) is 10.6 Å². The number of hydrogen-bond acceptors (Lipinski definition) is 2. The number of nitrogens with zero attached hydrogens (tertiary/aromatic N) is 2. The van der Waals surface area contributed by atoms with Crippen molar-refractivity contribution in [2.24, 2.45) is 5.92 Å². The number of halogens is 4. The molecule has 320 valence electrons. The monoisotopic (exact) mass is 950 g/mol. The molecule has 2 atom stereocenters.